The van der Waals surface area contributed by atoms with E-state index < -0.39 is 0 Å². The molecule has 1 aromatic carbocycles. The average molecular weight is 256 g/mol. The Morgan fingerprint density at radius 1 is 1.44 bits per heavy atom. The standard InChI is InChI=1S/C13H18ClNS/c1-13(2,9-14)15-7-10-8-16-12-6-4-3-5-11(10)12/h3-6,10,15H,7-9H2,1-2H3. The molecule has 0 spiro atoms. The maximum absolute atomic E-state index is 5.91. The molecule has 0 radical (unpaired) electrons. The van der Waals surface area contributed by atoms with Crippen LogP contribution in [0.4, 0.5) is 0 Å². The van der Waals surface area contributed by atoms with Gasteiger partial charge in [-0.25, -0.2) is 0 Å². The van der Waals surface area contributed by atoms with Crippen molar-refractivity contribution < 1.29 is 0 Å². The fraction of sp³-hybridized carbons (Fsp3) is 0.538. The molecule has 0 amide bonds. The quantitative estimate of drug-likeness (QED) is 0.827. The third-order valence-electron chi connectivity index (χ3n) is 2.96. The molecule has 1 aromatic rings. The molecule has 16 heavy (non-hydrogen) atoms. The summed E-state index contributed by atoms with van der Waals surface area (Å²) in [5.74, 6) is 2.46. The molecule has 0 bridgehead atoms. The lowest BCUT2D eigenvalue weighted by Gasteiger charge is -2.25. The highest BCUT2D eigenvalue weighted by atomic mass is 35.5. The zero-order chi connectivity index (χ0) is 11.6. The Balaban J connectivity index is 1.99. The van der Waals surface area contributed by atoms with Crippen molar-refractivity contribution in [1.82, 2.24) is 5.32 Å². The lowest BCUT2D eigenvalue weighted by molar-refractivity contribution is 0.419. The lowest BCUT2D eigenvalue weighted by atomic mass is 9.99. The Morgan fingerprint density at radius 3 is 2.94 bits per heavy atom. The molecule has 2 rings (SSSR count). The van der Waals surface area contributed by atoms with Gasteiger partial charge in [0.2, 0.25) is 0 Å². The van der Waals surface area contributed by atoms with Crippen molar-refractivity contribution in [2.24, 2.45) is 0 Å². The number of rotatable bonds is 4. The van der Waals surface area contributed by atoms with Gasteiger partial charge < -0.3 is 5.32 Å². The molecule has 88 valence electrons. The number of alkyl halides is 1. The molecule has 0 aromatic heterocycles. The predicted molar refractivity (Wildman–Crippen MR) is 72.7 cm³/mol. The summed E-state index contributed by atoms with van der Waals surface area (Å²) in [5.41, 5.74) is 1.52. The maximum Gasteiger partial charge on any atom is 0.0400 e. The first kappa shape index (κ1) is 12.3. The van der Waals surface area contributed by atoms with Crippen LogP contribution in [0.15, 0.2) is 29.2 Å². The van der Waals surface area contributed by atoms with Crippen molar-refractivity contribution in [3.8, 4) is 0 Å². The highest BCUT2D eigenvalue weighted by Gasteiger charge is 2.24. The normalized spacial score (nSPS) is 19.8. The molecule has 0 saturated carbocycles. The average Bonchev–Trinajstić information content (AvgIpc) is 2.70. The minimum Gasteiger partial charge on any atom is -0.310 e. The van der Waals surface area contributed by atoms with Gasteiger partial charge in [-0.15, -0.1) is 23.4 Å². The van der Waals surface area contributed by atoms with E-state index in [4.69, 9.17) is 11.6 Å². The summed E-state index contributed by atoms with van der Waals surface area (Å²) in [6.07, 6.45) is 0. The fourth-order valence-electron chi connectivity index (χ4n) is 1.85. The number of hydrogen-bond acceptors (Lipinski definition) is 2. The smallest absolute Gasteiger partial charge is 0.0400 e. The Bertz CT molecular complexity index is 365. The van der Waals surface area contributed by atoms with E-state index in [2.05, 4.69) is 43.4 Å². The topological polar surface area (TPSA) is 12.0 Å². The first-order chi connectivity index (χ1) is 7.62. The van der Waals surface area contributed by atoms with Crippen LogP contribution in [0.2, 0.25) is 0 Å². The van der Waals surface area contributed by atoms with Crippen LogP contribution in [0.3, 0.4) is 0 Å². The molecule has 1 atom stereocenters. The molecule has 1 N–H and O–H groups in total. The van der Waals surface area contributed by atoms with Crippen LogP contribution in [0, 0.1) is 0 Å². The number of benzene rings is 1. The summed E-state index contributed by atoms with van der Waals surface area (Å²) in [6, 6.07) is 8.71. The van der Waals surface area contributed by atoms with Gasteiger partial charge in [-0.05, 0) is 25.5 Å². The Morgan fingerprint density at radius 2 is 2.19 bits per heavy atom. The number of halogens is 1. The summed E-state index contributed by atoms with van der Waals surface area (Å²) >= 11 is 7.87. The highest BCUT2D eigenvalue weighted by Crippen LogP contribution is 2.38. The third kappa shape index (κ3) is 2.73. The molecule has 0 fully saturated rings. The van der Waals surface area contributed by atoms with Gasteiger partial charge in [-0.1, -0.05) is 18.2 Å². The highest BCUT2D eigenvalue weighted by molar-refractivity contribution is 7.99. The molecular formula is C13H18ClNS. The van der Waals surface area contributed by atoms with Crippen molar-refractivity contribution >= 4 is 23.4 Å². The van der Waals surface area contributed by atoms with Gasteiger partial charge in [0.25, 0.3) is 0 Å². The van der Waals surface area contributed by atoms with Crippen LogP contribution in [0.5, 0.6) is 0 Å². The van der Waals surface area contributed by atoms with Crippen molar-refractivity contribution in [2.45, 2.75) is 30.2 Å². The molecule has 0 aliphatic carbocycles. The Kier molecular flexibility index (Phi) is 3.83. The number of fused-ring (bicyclic) bond motifs is 1. The van der Waals surface area contributed by atoms with Gasteiger partial charge in [-0.3, -0.25) is 0 Å². The van der Waals surface area contributed by atoms with Crippen LogP contribution in [0.25, 0.3) is 0 Å². The second-order valence-corrected chi connectivity index (χ2v) is 6.27. The number of nitrogens with one attached hydrogen (secondary N) is 1. The van der Waals surface area contributed by atoms with Crippen LogP contribution >= 0.6 is 23.4 Å². The molecule has 1 unspecified atom stereocenters. The van der Waals surface area contributed by atoms with E-state index in [0.29, 0.717) is 11.8 Å². The van der Waals surface area contributed by atoms with Crippen LogP contribution in [-0.4, -0.2) is 23.7 Å². The van der Waals surface area contributed by atoms with Gasteiger partial charge in [-0.2, -0.15) is 0 Å². The van der Waals surface area contributed by atoms with E-state index in [1.54, 1.807) is 0 Å². The predicted octanol–water partition coefficient (Wildman–Crippen LogP) is 3.48. The van der Waals surface area contributed by atoms with Crippen molar-refractivity contribution in [3.05, 3.63) is 29.8 Å². The van der Waals surface area contributed by atoms with Gasteiger partial charge in [0.1, 0.15) is 0 Å². The number of thioether (sulfide) groups is 1. The van der Waals surface area contributed by atoms with Crippen molar-refractivity contribution in [3.63, 3.8) is 0 Å². The van der Waals surface area contributed by atoms with Crippen molar-refractivity contribution in [2.75, 3.05) is 18.2 Å². The van der Waals surface area contributed by atoms with Crippen LogP contribution < -0.4 is 5.32 Å². The third-order valence-corrected chi connectivity index (χ3v) is 4.88. The SMILES string of the molecule is CC(C)(CCl)NCC1CSc2ccccc21. The molecule has 1 aliphatic heterocycles. The zero-order valence-electron chi connectivity index (χ0n) is 9.79. The Hall–Kier alpha value is -0.180. The van der Waals surface area contributed by atoms with Gasteiger partial charge >= 0.3 is 0 Å². The zero-order valence-corrected chi connectivity index (χ0v) is 11.4. The Labute approximate surface area is 107 Å². The molecule has 1 aliphatic rings. The van der Waals surface area contributed by atoms with Crippen molar-refractivity contribution in [1.29, 1.82) is 0 Å². The van der Waals surface area contributed by atoms with E-state index in [-0.39, 0.29) is 5.54 Å². The fourth-order valence-corrected chi connectivity index (χ4v) is 3.19. The van der Waals surface area contributed by atoms with E-state index in [0.717, 1.165) is 6.54 Å². The van der Waals surface area contributed by atoms with E-state index in [1.807, 2.05) is 11.8 Å². The second kappa shape index (κ2) is 4.99. The molecule has 1 nitrogen and oxygen atoms in total. The van der Waals surface area contributed by atoms with E-state index in [1.165, 1.54) is 16.2 Å². The minimum absolute atomic E-state index is 0.0315. The van der Waals surface area contributed by atoms with Crippen LogP contribution in [-0.2, 0) is 0 Å². The summed E-state index contributed by atoms with van der Waals surface area (Å²) in [7, 11) is 0. The molecular weight excluding hydrogens is 238 g/mol. The lowest BCUT2D eigenvalue weighted by Crippen LogP contribution is -2.43. The second-order valence-electron chi connectivity index (χ2n) is 4.94. The first-order valence-electron chi connectivity index (χ1n) is 5.65. The van der Waals surface area contributed by atoms with E-state index >= 15 is 0 Å². The molecule has 3 heteroatoms. The number of hydrogen-bond donors (Lipinski definition) is 1. The van der Waals surface area contributed by atoms with Gasteiger partial charge in [0, 0.05) is 34.5 Å². The summed E-state index contributed by atoms with van der Waals surface area (Å²) in [5, 5.41) is 3.55. The minimum atomic E-state index is 0.0315. The maximum atomic E-state index is 5.91. The van der Waals surface area contributed by atoms with E-state index in [9.17, 15) is 0 Å². The van der Waals surface area contributed by atoms with Crippen LogP contribution in [0.1, 0.15) is 25.3 Å². The summed E-state index contributed by atoms with van der Waals surface area (Å²) < 4.78 is 0. The largest absolute Gasteiger partial charge is 0.310 e. The first-order valence-corrected chi connectivity index (χ1v) is 7.17. The summed E-state index contributed by atoms with van der Waals surface area (Å²) in [6.45, 7) is 5.31. The van der Waals surface area contributed by atoms with Gasteiger partial charge in [0.05, 0.1) is 0 Å². The monoisotopic (exact) mass is 255 g/mol. The summed E-state index contributed by atoms with van der Waals surface area (Å²) in [4.78, 5) is 1.44. The molecule has 0 saturated heterocycles. The molecule has 1 heterocycles. The van der Waals surface area contributed by atoms with Gasteiger partial charge in [0.15, 0.2) is 0 Å².